The smallest absolute Gasteiger partial charge is 0.537 e. The number of benzene rings is 6. The largest absolute Gasteiger partial charge is 0.569 e. The average Bonchev–Trinajstić information content (AvgIpc) is 3.32. The van der Waals surface area contributed by atoms with Crippen LogP contribution in [0.5, 0.6) is 5.75 Å². The first-order valence-electron chi connectivity index (χ1n) is 13.6. The fraction of sp³-hybridized carbons (Fsp3) is 0.0270. The van der Waals surface area contributed by atoms with Crippen molar-refractivity contribution in [1.82, 2.24) is 0 Å². The van der Waals surface area contributed by atoms with E-state index < -0.39 is 5.41 Å². The van der Waals surface area contributed by atoms with E-state index in [0.29, 0.717) is 18.5 Å². The molecule has 6 aromatic rings. The Kier molecular flexibility index (Phi) is 6.47. The Morgan fingerprint density at radius 3 is 1.49 bits per heavy atom. The zero-order valence-corrected chi connectivity index (χ0v) is 22.9. The summed E-state index contributed by atoms with van der Waals surface area (Å²) in [7, 11) is 0.716. The fourth-order valence-electron chi connectivity index (χ4n) is 6.29. The monoisotopic (exact) mass is 547 g/mol. The first-order chi connectivity index (χ1) is 20.2. The van der Waals surface area contributed by atoms with Crippen LogP contribution >= 0.6 is 11.6 Å². The maximum Gasteiger partial charge on any atom is 0.569 e. The number of hydrogen-bond acceptors (Lipinski definition) is 2. The van der Waals surface area contributed by atoms with Gasteiger partial charge in [-0.3, -0.25) is 0 Å². The molecule has 0 spiro atoms. The normalized spacial score (nSPS) is 12.8. The average molecular weight is 548 g/mol. The standard InChI is InChI=1S/C37H25BClO2/c39-31-19-21-35-33(23-31)34-24-32(41-38-40)20-22-36(34)37(35,29-15-11-27(12-16-29)25-7-3-1-4-8-25)30-17-13-28(14-18-30)26-9-5-2-6-10-26/h1-24,40H. The van der Waals surface area contributed by atoms with Gasteiger partial charge in [0.15, 0.2) is 0 Å². The molecule has 1 radical (unpaired) electrons. The highest BCUT2D eigenvalue weighted by molar-refractivity contribution is 6.31. The number of halogens is 1. The molecular weight excluding hydrogens is 523 g/mol. The van der Waals surface area contributed by atoms with Crippen LogP contribution in [0.3, 0.4) is 0 Å². The van der Waals surface area contributed by atoms with Crippen LogP contribution in [0.15, 0.2) is 146 Å². The van der Waals surface area contributed by atoms with Gasteiger partial charge in [0, 0.05) is 5.02 Å². The molecule has 6 aromatic carbocycles. The van der Waals surface area contributed by atoms with E-state index in [2.05, 4.69) is 109 Å². The Morgan fingerprint density at radius 1 is 0.512 bits per heavy atom. The molecule has 1 aliphatic rings. The van der Waals surface area contributed by atoms with Crippen molar-refractivity contribution in [1.29, 1.82) is 0 Å². The second-order valence-corrected chi connectivity index (χ2v) is 10.7. The summed E-state index contributed by atoms with van der Waals surface area (Å²) in [6, 6.07) is 50.8. The molecule has 0 saturated carbocycles. The lowest BCUT2D eigenvalue weighted by Crippen LogP contribution is -2.28. The van der Waals surface area contributed by atoms with Crippen molar-refractivity contribution in [3.05, 3.63) is 173 Å². The zero-order chi connectivity index (χ0) is 27.8. The molecule has 0 saturated heterocycles. The highest BCUT2D eigenvalue weighted by Crippen LogP contribution is 2.57. The highest BCUT2D eigenvalue weighted by atomic mass is 35.5. The van der Waals surface area contributed by atoms with E-state index in [1.807, 2.05) is 36.4 Å². The Morgan fingerprint density at radius 2 is 0.976 bits per heavy atom. The third kappa shape index (κ3) is 4.26. The summed E-state index contributed by atoms with van der Waals surface area (Å²) >= 11 is 6.58. The minimum absolute atomic E-state index is 0.562. The molecule has 1 N–H and O–H groups in total. The van der Waals surface area contributed by atoms with E-state index in [1.165, 1.54) is 22.3 Å². The van der Waals surface area contributed by atoms with Crippen LogP contribution in [0.4, 0.5) is 0 Å². The third-order valence-corrected chi connectivity index (χ3v) is 8.34. The van der Waals surface area contributed by atoms with Crippen molar-refractivity contribution in [2.45, 2.75) is 5.41 Å². The Balaban J connectivity index is 1.48. The second kappa shape index (κ2) is 10.4. The molecule has 195 valence electrons. The Hall–Kier alpha value is -4.57. The van der Waals surface area contributed by atoms with Crippen LogP contribution in [-0.2, 0) is 5.41 Å². The van der Waals surface area contributed by atoms with E-state index >= 15 is 0 Å². The number of hydrogen-bond donors (Lipinski definition) is 1. The predicted octanol–water partition coefficient (Wildman–Crippen LogP) is 8.94. The maximum absolute atomic E-state index is 9.34. The van der Waals surface area contributed by atoms with Crippen molar-refractivity contribution in [2.24, 2.45) is 0 Å². The van der Waals surface area contributed by atoms with E-state index in [-0.39, 0.29) is 0 Å². The van der Waals surface area contributed by atoms with Gasteiger partial charge in [-0.2, -0.15) is 0 Å². The van der Waals surface area contributed by atoms with Gasteiger partial charge >= 0.3 is 7.69 Å². The van der Waals surface area contributed by atoms with Crippen LogP contribution in [-0.4, -0.2) is 12.7 Å². The van der Waals surface area contributed by atoms with E-state index in [9.17, 15) is 5.02 Å². The van der Waals surface area contributed by atoms with Crippen molar-refractivity contribution in [2.75, 3.05) is 0 Å². The minimum Gasteiger partial charge on any atom is -0.537 e. The Bertz CT molecular complexity index is 1750. The van der Waals surface area contributed by atoms with Gasteiger partial charge in [0.25, 0.3) is 0 Å². The molecule has 0 amide bonds. The summed E-state index contributed by atoms with van der Waals surface area (Å²) in [6.07, 6.45) is 0. The van der Waals surface area contributed by atoms with Gasteiger partial charge in [-0.25, -0.2) is 0 Å². The van der Waals surface area contributed by atoms with Gasteiger partial charge in [-0.15, -0.1) is 0 Å². The maximum atomic E-state index is 9.34. The topological polar surface area (TPSA) is 29.5 Å². The van der Waals surface area contributed by atoms with Gasteiger partial charge in [0.05, 0.1) is 5.41 Å². The summed E-state index contributed by atoms with van der Waals surface area (Å²) in [6.45, 7) is 0. The molecule has 0 atom stereocenters. The van der Waals surface area contributed by atoms with Gasteiger partial charge in [0.2, 0.25) is 0 Å². The lowest BCUT2D eigenvalue weighted by Gasteiger charge is -2.34. The van der Waals surface area contributed by atoms with Crippen molar-refractivity contribution >= 4 is 19.3 Å². The van der Waals surface area contributed by atoms with E-state index in [1.54, 1.807) is 0 Å². The fourth-order valence-corrected chi connectivity index (χ4v) is 6.47. The van der Waals surface area contributed by atoms with Crippen LogP contribution in [0.1, 0.15) is 22.3 Å². The molecule has 0 unspecified atom stereocenters. The number of fused-ring (bicyclic) bond motifs is 3. The molecule has 1 aliphatic carbocycles. The van der Waals surface area contributed by atoms with Crippen molar-refractivity contribution in [3.63, 3.8) is 0 Å². The first kappa shape index (κ1) is 25.4. The molecule has 7 rings (SSSR count). The SMILES string of the molecule is O[B]Oc1ccc2c(c1)-c1cc(Cl)ccc1C2(c1ccc(-c2ccccc2)cc1)c1ccc(-c2ccccc2)cc1. The van der Waals surface area contributed by atoms with Crippen LogP contribution in [0.2, 0.25) is 5.02 Å². The molecule has 0 aromatic heterocycles. The van der Waals surface area contributed by atoms with Gasteiger partial charge < -0.3 is 9.68 Å². The lowest BCUT2D eigenvalue weighted by molar-refractivity contribution is 0.454. The lowest BCUT2D eigenvalue weighted by atomic mass is 9.67. The Labute approximate surface area is 245 Å². The van der Waals surface area contributed by atoms with Crippen LogP contribution in [0, 0.1) is 0 Å². The quantitative estimate of drug-likeness (QED) is 0.211. The summed E-state index contributed by atoms with van der Waals surface area (Å²) in [4.78, 5) is 0. The second-order valence-electron chi connectivity index (χ2n) is 10.3. The molecule has 0 aliphatic heterocycles. The van der Waals surface area contributed by atoms with E-state index in [0.717, 1.165) is 33.4 Å². The van der Waals surface area contributed by atoms with Gasteiger partial charge in [-0.1, -0.05) is 133 Å². The minimum atomic E-state index is -0.582. The summed E-state index contributed by atoms with van der Waals surface area (Å²) in [5, 5.41) is 10.0. The summed E-state index contributed by atoms with van der Waals surface area (Å²) < 4.78 is 5.38. The third-order valence-electron chi connectivity index (χ3n) is 8.11. The number of rotatable bonds is 6. The molecule has 41 heavy (non-hydrogen) atoms. The van der Waals surface area contributed by atoms with Gasteiger partial charge in [0.1, 0.15) is 5.75 Å². The van der Waals surface area contributed by atoms with Gasteiger partial charge in [-0.05, 0) is 79.9 Å². The zero-order valence-electron chi connectivity index (χ0n) is 22.2. The molecule has 0 heterocycles. The molecule has 0 bridgehead atoms. The van der Waals surface area contributed by atoms with E-state index in [4.69, 9.17) is 16.3 Å². The summed E-state index contributed by atoms with van der Waals surface area (Å²) in [5.74, 6) is 0.562. The summed E-state index contributed by atoms with van der Waals surface area (Å²) in [5.41, 5.74) is 10.8. The van der Waals surface area contributed by atoms with Crippen LogP contribution < -0.4 is 4.65 Å². The highest BCUT2D eigenvalue weighted by Gasteiger charge is 2.46. The first-order valence-corrected chi connectivity index (χ1v) is 14.0. The molecule has 4 heteroatoms. The van der Waals surface area contributed by atoms with Crippen molar-refractivity contribution in [3.8, 4) is 39.1 Å². The predicted molar refractivity (Wildman–Crippen MR) is 168 cm³/mol. The van der Waals surface area contributed by atoms with Crippen molar-refractivity contribution < 1.29 is 9.68 Å². The molecule has 2 nitrogen and oxygen atoms in total. The molecule has 0 fully saturated rings. The molecular formula is C37H25BClO2. The van der Waals surface area contributed by atoms with Crippen LogP contribution in [0.25, 0.3) is 33.4 Å².